The van der Waals surface area contributed by atoms with E-state index < -0.39 is 14.9 Å². The Hall–Kier alpha value is -2.56. The van der Waals surface area contributed by atoms with Crippen LogP contribution in [0, 0.1) is 10.1 Å². The van der Waals surface area contributed by atoms with Crippen molar-refractivity contribution >= 4 is 43.6 Å². The first-order valence-electron chi connectivity index (χ1n) is 7.67. The van der Waals surface area contributed by atoms with E-state index in [0.717, 1.165) is 0 Å². The van der Waals surface area contributed by atoms with Gasteiger partial charge in [0.2, 0.25) is 0 Å². The zero-order valence-electron chi connectivity index (χ0n) is 13.8. The van der Waals surface area contributed by atoms with Gasteiger partial charge in [-0.2, -0.15) is 4.31 Å². The minimum Gasteiger partial charge on any atom is -0.382 e. The van der Waals surface area contributed by atoms with Crippen molar-refractivity contribution in [2.45, 2.75) is 4.21 Å². The Balaban J connectivity index is 1.75. The molecule has 2 heterocycles. The SMILES string of the molecule is CN(CCNc1ccc([N+](=O)[O-])c2cccnc12)S(=O)(=O)c1cccs1. The maximum atomic E-state index is 12.4. The Bertz CT molecular complexity index is 1040. The van der Waals surface area contributed by atoms with Crippen molar-refractivity contribution in [2.75, 3.05) is 25.5 Å². The van der Waals surface area contributed by atoms with E-state index in [2.05, 4.69) is 10.3 Å². The van der Waals surface area contributed by atoms with Crippen LogP contribution in [0.5, 0.6) is 0 Å². The van der Waals surface area contributed by atoms with Gasteiger partial charge in [-0.3, -0.25) is 15.1 Å². The second-order valence-electron chi connectivity index (χ2n) is 5.47. The number of thiophene rings is 1. The Morgan fingerprint density at radius 3 is 2.77 bits per heavy atom. The summed E-state index contributed by atoms with van der Waals surface area (Å²) in [6.07, 6.45) is 1.56. The molecule has 26 heavy (non-hydrogen) atoms. The fourth-order valence-corrected chi connectivity index (χ4v) is 4.86. The number of hydrogen-bond acceptors (Lipinski definition) is 7. The van der Waals surface area contributed by atoms with Gasteiger partial charge >= 0.3 is 0 Å². The third kappa shape index (κ3) is 3.52. The van der Waals surface area contributed by atoms with Gasteiger partial charge in [0.15, 0.2) is 0 Å². The fraction of sp³-hybridized carbons (Fsp3) is 0.188. The van der Waals surface area contributed by atoms with E-state index in [1.807, 2.05) is 0 Å². The molecule has 0 aliphatic heterocycles. The highest BCUT2D eigenvalue weighted by atomic mass is 32.2. The quantitative estimate of drug-likeness (QED) is 0.489. The highest BCUT2D eigenvalue weighted by molar-refractivity contribution is 7.91. The maximum Gasteiger partial charge on any atom is 0.278 e. The molecule has 0 atom stereocenters. The number of non-ortho nitro benzene ring substituents is 1. The van der Waals surface area contributed by atoms with Gasteiger partial charge in [-0.15, -0.1) is 11.3 Å². The predicted octanol–water partition coefficient (Wildman–Crippen LogP) is 2.94. The van der Waals surface area contributed by atoms with E-state index >= 15 is 0 Å². The summed E-state index contributed by atoms with van der Waals surface area (Å²) in [6, 6.07) is 9.54. The van der Waals surface area contributed by atoms with E-state index in [1.165, 1.54) is 28.8 Å². The molecule has 0 unspecified atom stereocenters. The van der Waals surface area contributed by atoms with E-state index in [4.69, 9.17) is 0 Å². The van der Waals surface area contributed by atoms with Gasteiger partial charge in [0.1, 0.15) is 9.73 Å². The second-order valence-corrected chi connectivity index (χ2v) is 8.69. The summed E-state index contributed by atoms with van der Waals surface area (Å²) in [7, 11) is -1.99. The summed E-state index contributed by atoms with van der Waals surface area (Å²) in [6.45, 7) is 0.580. The van der Waals surface area contributed by atoms with Crippen molar-refractivity contribution in [2.24, 2.45) is 0 Å². The first-order valence-corrected chi connectivity index (χ1v) is 9.99. The first kappa shape index (κ1) is 18.2. The second kappa shape index (κ2) is 7.36. The molecule has 0 spiro atoms. The molecule has 0 amide bonds. The van der Waals surface area contributed by atoms with E-state index in [0.29, 0.717) is 27.3 Å². The average Bonchev–Trinajstić information content (AvgIpc) is 3.17. The monoisotopic (exact) mass is 392 g/mol. The van der Waals surface area contributed by atoms with Gasteiger partial charge in [-0.1, -0.05) is 6.07 Å². The van der Waals surface area contributed by atoms with Gasteiger partial charge < -0.3 is 5.32 Å². The van der Waals surface area contributed by atoms with Crippen LogP contribution in [-0.2, 0) is 10.0 Å². The van der Waals surface area contributed by atoms with Gasteiger partial charge in [-0.25, -0.2) is 8.42 Å². The molecule has 136 valence electrons. The fourth-order valence-electron chi connectivity index (χ4n) is 2.49. The number of hydrogen-bond donors (Lipinski definition) is 1. The topological polar surface area (TPSA) is 105 Å². The van der Waals surface area contributed by atoms with Crippen LogP contribution in [0.4, 0.5) is 11.4 Å². The number of likely N-dealkylation sites (N-methyl/N-ethyl adjacent to an activating group) is 1. The summed E-state index contributed by atoms with van der Waals surface area (Å²) in [5.74, 6) is 0. The molecule has 0 radical (unpaired) electrons. The van der Waals surface area contributed by atoms with Crippen molar-refractivity contribution in [3.63, 3.8) is 0 Å². The molecule has 1 aromatic carbocycles. The third-order valence-corrected chi connectivity index (χ3v) is 7.08. The molecule has 0 saturated carbocycles. The van der Waals surface area contributed by atoms with Gasteiger partial charge in [-0.05, 0) is 29.6 Å². The normalized spacial score (nSPS) is 11.8. The lowest BCUT2D eigenvalue weighted by Crippen LogP contribution is -2.31. The molecule has 3 rings (SSSR count). The molecule has 1 N–H and O–H groups in total. The molecule has 3 aromatic rings. The number of nitro groups is 1. The molecular weight excluding hydrogens is 376 g/mol. The molecule has 0 bridgehead atoms. The number of fused-ring (bicyclic) bond motifs is 1. The molecule has 8 nitrogen and oxygen atoms in total. The number of anilines is 1. The van der Waals surface area contributed by atoms with E-state index in [-0.39, 0.29) is 12.2 Å². The van der Waals surface area contributed by atoms with E-state index in [9.17, 15) is 18.5 Å². The maximum absolute atomic E-state index is 12.4. The number of pyridine rings is 1. The largest absolute Gasteiger partial charge is 0.382 e. The first-order chi connectivity index (χ1) is 12.4. The summed E-state index contributed by atoms with van der Waals surface area (Å²) in [5.41, 5.74) is 1.08. The molecule has 0 aliphatic rings. The van der Waals surface area contributed by atoms with E-state index in [1.54, 1.807) is 41.9 Å². The van der Waals surface area contributed by atoms with Crippen molar-refractivity contribution in [3.8, 4) is 0 Å². The van der Waals surface area contributed by atoms with Crippen LogP contribution in [0.3, 0.4) is 0 Å². The molecule has 0 fully saturated rings. The third-order valence-electron chi connectivity index (χ3n) is 3.85. The lowest BCUT2D eigenvalue weighted by molar-refractivity contribution is -0.383. The minimum absolute atomic E-state index is 0.0176. The van der Waals surface area contributed by atoms with Crippen molar-refractivity contribution in [3.05, 3.63) is 58.1 Å². The lowest BCUT2D eigenvalue weighted by atomic mass is 10.1. The Kier molecular flexibility index (Phi) is 5.16. The molecule has 10 heteroatoms. The highest BCUT2D eigenvalue weighted by Gasteiger charge is 2.21. The Morgan fingerprint density at radius 2 is 2.08 bits per heavy atom. The standard InChI is InChI=1S/C16H16N4O4S2/c1-19(26(23,24)15-5-3-11-25-15)10-9-17-13-6-7-14(20(21)22)12-4-2-8-18-16(12)13/h2-8,11,17H,9-10H2,1H3. The number of aromatic nitrogens is 1. The van der Waals surface area contributed by atoms with Crippen LogP contribution in [0.2, 0.25) is 0 Å². The van der Waals surface area contributed by atoms with Crippen LogP contribution in [0.15, 0.2) is 52.2 Å². The Labute approximate surface area is 154 Å². The predicted molar refractivity (Wildman–Crippen MR) is 101 cm³/mol. The van der Waals surface area contributed by atoms with Gasteiger partial charge in [0, 0.05) is 32.4 Å². The average molecular weight is 392 g/mol. The summed E-state index contributed by atoms with van der Waals surface area (Å²) in [5, 5.41) is 16.4. The zero-order chi connectivity index (χ0) is 18.7. The minimum atomic E-state index is -3.50. The summed E-state index contributed by atoms with van der Waals surface area (Å²) < 4.78 is 26.3. The number of nitrogens with one attached hydrogen (secondary N) is 1. The number of nitrogens with zero attached hydrogens (tertiary/aromatic N) is 3. The molecule has 0 saturated heterocycles. The molecular formula is C16H16N4O4S2. The van der Waals surface area contributed by atoms with Gasteiger partial charge in [0.05, 0.1) is 16.0 Å². The number of benzene rings is 1. The summed E-state index contributed by atoms with van der Waals surface area (Å²) >= 11 is 1.17. The van der Waals surface area contributed by atoms with Crippen LogP contribution in [-0.4, -0.2) is 42.8 Å². The highest BCUT2D eigenvalue weighted by Crippen LogP contribution is 2.29. The number of sulfonamides is 1. The van der Waals surface area contributed by atoms with Crippen molar-refractivity contribution in [1.29, 1.82) is 0 Å². The molecule has 0 aliphatic carbocycles. The zero-order valence-corrected chi connectivity index (χ0v) is 15.5. The summed E-state index contributed by atoms with van der Waals surface area (Å²) in [4.78, 5) is 14.9. The van der Waals surface area contributed by atoms with Crippen LogP contribution >= 0.6 is 11.3 Å². The Morgan fingerprint density at radius 1 is 1.27 bits per heavy atom. The number of nitro benzene ring substituents is 1. The van der Waals surface area contributed by atoms with Crippen molar-refractivity contribution in [1.82, 2.24) is 9.29 Å². The van der Waals surface area contributed by atoms with Crippen molar-refractivity contribution < 1.29 is 13.3 Å². The van der Waals surface area contributed by atoms with Crippen LogP contribution < -0.4 is 5.32 Å². The number of rotatable bonds is 7. The van der Waals surface area contributed by atoms with Crippen LogP contribution in [0.1, 0.15) is 0 Å². The molecule has 2 aromatic heterocycles. The van der Waals surface area contributed by atoms with Crippen LogP contribution in [0.25, 0.3) is 10.9 Å². The van der Waals surface area contributed by atoms with Gasteiger partial charge in [0.25, 0.3) is 15.7 Å². The smallest absolute Gasteiger partial charge is 0.278 e. The lowest BCUT2D eigenvalue weighted by Gasteiger charge is -2.17.